The number of hydrazone groups is 1. The van der Waals surface area contributed by atoms with E-state index in [1.54, 1.807) is 11.1 Å². The molecular formula is C20H15BrN4O3S. The van der Waals surface area contributed by atoms with Crippen molar-refractivity contribution in [3.8, 4) is 11.5 Å². The molecule has 0 saturated carbocycles. The minimum absolute atomic E-state index is 0.196. The van der Waals surface area contributed by atoms with Gasteiger partial charge in [-0.2, -0.15) is 0 Å². The van der Waals surface area contributed by atoms with Crippen LogP contribution in [0.15, 0.2) is 63.6 Å². The molecular weight excluding hydrogens is 456 g/mol. The average Bonchev–Trinajstić information content (AvgIpc) is 3.19. The summed E-state index contributed by atoms with van der Waals surface area (Å²) in [6.45, 7) is 3.92. The van der Waals surface area contributed by atoms with Crippen LogP contribution in [-0.4, -0.2) is 28.6 Å². The molecule has 0 radical (unpaired) electrons. The number of fused-ring (bicyclic) bond motifs is 3. The van der Waals surface area contributed by atoms with Crippen LogP contribution in [0.25, 0.3) is 5.70 Å². The van der Waals surface area contributed by atoms with Crippen LogP contribution >= 0.6 is 27.7 Å². The van der Waals surface area contributed by atoms with E-state index in [1.165, 1.54) is 11.8 Å². The molecule has 0 aliphatic carbocycles. The highest BCUT2D eigenvalue weighted by Gasteiger charge is 2.35. The Balaban J connectivity index is 1.69. The number of thioether (sulfide) groups is 1. The Morgan fingerprint density at radius 3 is 3.00 bits per heavy atom. The van der Waals surface area contributed by atoms with E-state index in [-0.39, 0.29) is 12.7 Å². The van der Waals surface area contributed by atoms with E-state index in [1.807, 2.05) is 36.4 Å². The number of carbonyl (C=O) groups excluding carboxylic acids is 1. The van der Waals surface area contributed by atoms with E-state index < -0.39 is 6.17 Å². The van der Waals surface area contributed by atoms with Crippen LogP contribution < -0.4 is 25.4 Å². The third-order valence-corrected chi connectivity index (χ3v) is 5.96. The third kappa shape index (κ3) is 3.20. The minimum atomic E-state index is -0.501. The molecule has 0 spiro atoms. The Morgan fingerprint density at radius 1 is 1.28 bits per heavy atom. The first-order valence-electron chi connectivity index (χ1n) is 8.84. The van der Waals surface area contributed by atoms with E-state index in [9.17, 15) is 4.79 Å². The quantitative estimate of drug-likeness (QED) is 0.696. The second-order valence-corrected chi connectivity index (χ2v) is 8.35. The van der Waals surface area contributed by atoms with Crippen LogP contribution in [0.1, 0.15) is 11.7 Å². The van der Waals surface area contributed by atoms with Gasteiger partial charge in [0, 0.05) is 21.0 Å². The number of halogens is 1. The summed E-state index contributed by atoms with van der Waals surface area (Å²) >= 11 is 4.89. The molecule has 2 aromatic carbocycles. The lowest BCUT2D eigenvalue weighted by Crippen LogP contribution is -2.50. The summed E-state index contributed by atoms with van der Waals surface area (Å²) in [4.78, 5) is 17.9. The van der Waals surface area contributed by atoms with Crippen LogP contribution in [0, 0.1) is 0 Å². The van der Waals surface area contributed by atoms with Crippen molar-refractivity contribution in [2.75, 3.05) is 12.5 Å². The number of nitrogens with zero attached hydrogens (tertiary/aromatic N) is 3. The molecule has 7 nitrogen and oxygen atoms in total. The number of hydrogen-bond acceptors (Lipinski definition) is 7. The first-order valence-corrected chi connectivity index (χ1v) is 10.6. The Hall–Kier alpha value is -2.78. The fourth-order valence-electron chi connectivity index (χ4n) is 3.35. The predicted octanol–water partition coefficient (Wildman–Crippen LogP) is 2.24. The zero-order chi connectivity index (χ0) is 20.0. The van der Waals surface area contributed by atoms with Gasteiger partial charge in [0.05, 0.1) is 5.36 Å². The van der Waals surface area contributed by atoms with Gasteiger partial charge in [0.1, 0.15) is 5.70 Å². The molecule has 146 valence electrons. The first kappa shape index (κ1) is 18.3. The molecule has 1 amide bonds. The molecule has 1 atom stereocenters. The maximum atomic E-state index is 13.0. The standard InChI is InChI=1S/C20H15BrN4O3S/c1-2-7-29-20-23-19(26)17-13-9-12(21)4-5-14(13)22-18(25(17)24-20)11-3-6-15-16(8-11)28-10-27-15/h2-6,8-9,18H,1,7,10H2,(H,23,24,26). The van der Waals surface area contributed by atoms with Crippen molar-refractivity contribution >= 4 is 44.5 Å². The molecule has 0 bridgehead atoms. The van der Waals surface area contributed by atoms with E-state index in [0.717, 1.165) is 20.6 Å². The number of nitrogens with one attached hydrogen (secondary N) is 1. The zero-order valence-corrected chi connectivity index (χ0v) is 17.5. The molecule has 5 rings (SSSR count). The van der Waals surface area contributed by atoms with E-state index in [0.29, 0.717) is 28.1 Å². The lowest BCUT2D eigenvalue weighted by molar-refractivity contribution is -0.116. The molecule has 1 unspecified atom stereocenters. The minimum Gasteiger partial charge on any atom is -0.454 e. The summed E-state index contributed by atoms with van der Waals surface area (Å²) in [6, 6.07) is 11.3. The van der Waals surface area contributed by atoms with Gasteiger partial charge in [-0.1, -0.05) is 39.8 Å². The Morgan fingerprint density at radius 2 is 2.14 bits per heavy atom. The van der Waals surface area contributed by atoms with Crippen molar-refractivity contribution in [1.29, 1.82) is 0 Å². The van der Waals surface area contributed by atoms with Crippen LogP contribution in [0.4, 0.5) is 0 Å². The summed E-state index contributed by atoms with van der Waals surface area (Å²) < 4.78 is 11.8. The highest BCUT2D eigenvalue weighted by atomic mass is 79.9. The topological polar surface area (TPSA) is 75.5 Å². The van der Waals surface area contributed by atoms with E-state index >= 15 is 0 Å². The summed E-state index contributed by atoms with van der Waals surface area (Å²) in [5, 5.41) is 11.2. The summed E-state index contributed by atoms with van der Waals surface area (Å²) in [6.07, 6.45) is 1.26. The van der Waals surface area contributed by atoms with Gasteiger partial charge >= 0.3 is 0 Å². The van der Waals surface area contributed by atoms with E-state index in [2.05, 4.69) is 32.9 Å². The fraction of sp³-hybridized carbons (Fsp3) is 0.150. The molecule has 1 N–H and O–H groups in total. The highest BCUT2D eigenvalue weighted by molar-refractivity contribution is 9.10. The summed E-state index contributed by atoms with van der Waals surface area (Å²) in [7, 11) is 0. The normalized spacial score (nSPS) is 19.0. The van der Waals surface area contributed by atoms with Crippen LogP contribution in [-0.2, 0) is 4.79 Å². The second-order valence-electron chi connectivity index (χ2n) is 6.43. The van der Waals surface area contributed by atoms with E-state index in [4.69, 9.17) is 14.5 Å². The SMILES string of the molecule is C=CCSC1=NN2C(=c3cc(Br)ccc3=NC2c2ccc3c(c2)OCO3)C(=O)N1. The lowest BCUT2D eigenvalue weighted by atomic mass is 10.1. The summed E-state index contributed by atoms with van der Waals surface area (Å²) in [5.74, 6) is 1.77. The molecule has 0 fully saturated rings. The van der Waals surface area contributed by atoms with Crippen molar-refractivity contribution in [3.63, 3.8) is 0 Å². The maximum absolute atomic E-state index is 13.0. The number of amides is 1. The smallest absolute Gasteiger partial charge is 0.276 e. The molecule has 0 saturated heterocycles. The van der Waals surface area contributed by atoms with Gasteiger partial charge in [0.15, 0.2) is 22.8 Å². The number of carbonyl (C=O) groups is 1. The molecule has 0 aromatic heterocycles. The number of hydrogen-bond donors (Lipinski definition) is 1. The average molecular weight is 471 g/mol. The zero-order valence-electron chi connectivity index (χ0n) is 15.1. The molecule has 3 aliphatic heterocycles. The van der Waals surface area contributed by atoms with Gasteiger partial charge in [0.2, 0.25) is 6.79 Å². The maximum Gasteiger partial charge on any atom is 0.276 e. The largest absolute Gasteiger partial charge is 0.454 e. The fourth-order valence-corrected chi connectivity index (χ4v) is 4.29. The Labute approximate surface area is 178 Å². The predicted molar refractivity (Wildman–Crippen MR) is 114 cm³/mol. The molecule has 3 heterocycles. The van der Waals surface area contributed by atoms with Gasteiger partial charge in [-0.25, -0.2) is 5.01 Å². The third-order valence-electron chi connectivity index (χ3n) is 4.60. The molecule has 3 aliphatic rings. The van der Waals surface area contributed by atoms with Crippen LogP contribution in [0.2, 0.25) is 0 Å². The Kier molecular flexibility index (Phi) is 4.56. The van der Waals surface area contributed by atoms with Crippen molar-refractivity contribution in [3.05, 3.63) is 69.7 Å². The second kappa shape index (κ2) is 7.23. The van der Waals surface area contributed by atoms with Crippen molar-refractivity contribution in [1.82, 2.24) is 10.3 Å². The van der Waals surface area contributed by atoms with Gasteiger partial charge in [-0.15, -0.1) is 11.7 Å². The van der Waals surface area contributed by atoms with Gasteiger partial charge in [0.25, 0.3) is 5.91 Å². The highest BCUT2D eigenvalue weighted by Crippen LogP contribution is 2.38. The van der Waals surface area contributed by atoms with Crippen LogP contribution in [0.3, 0.4) is 0 Å². The Bertz CT molecular complexity index is 1200. The number of amidine groups is 1. The lowest BCUT2D eigenvalue weighted by Gasteiger charge is -2.34. The van der Waals surface area contributed by atoms with Crippen LogP contribution in [0.5, 0.6) is 11.5 Å². The van der Waals surface area contributed by atoms with Gasteiger partial charge in [-0.05, 0) is 30.3 Å². The molecule has 9 heteroatoms. The van der Waals surface area contributed by atoms with Gasteiger partial charge in [-0.3, -0.25) is 15.1 Å². The number of ether oxygens (including phenoxy) is 2. The number of benzene rings is 2. The first-order chi connectivity index (χ1) is 14.1. The molecule has 29 heavy (non-hydrogen) atoms. The van der Waals surface area contributed by atoms with Crippen molar-refractivity contribution < 1.29 is 14.3 Å². The van der Waals surface area contributed by atoms with Crippen molar-refractivity contribution in [2.45, 2.75) is 6.17 Å². The van der Waals surface area contributed by atoms with Crippen molar-refractivity contribution in [2.24, 2.45) is 10.1 Å². The molecule has 2 aromatic rings. The monoisotopic (exact) mass is 470 g/mol. The number of rotatable bonds is 3. The van der Waals surface area contributed by atoms with Gasteiger partial charge < -0.3 is 9.47 Å². The summed E-state index contributed by atoms with van der Waals surface area (Å²) in [5.41, 5.74) is 1.31.